The van der Waals surface area contributed by atoms with Gasteiger partial charge in [-0.3, -0.25) is 10.8 Å². The molecule has 0 bridgehead atoms. The van der Waals surface area contributed by atoms with E-state index in [9.17, 15) is 0 Å². The molecule has 1 atom stereocenters. The molecule has 6 heteroatoms. The summed E-state index contributed by atoms with van der Waals surface area (Å²) in [6, 6.07) is 7.35. The van der Waals surface area contributed by atoms with Gasteiger partial charge < -0.3 is 9.47 Å². The van der Waals surface area contributed by atoms with Gasteiger partial charge >= 0.3 is 0 Å². The summed E-state index contributed by atoms with van der Waals surface area (Å²) in [7, 11) is 3.23. The summed E-state index contributed by atoms with van der Waals surface area (Å²) in [6.07, 6.45) is 3.49. The first-order chi connectivity index (χ1) is 9.69. The van der Waals surface area contributed by atoms with Crippen molar-refractivity contribution < 1.29 is 9.47 Å². The second-order valence-corrected chi connectivity index (χ2v) is 5.06. The lowest BCUT2D eigenvalue weighted by atomic mass is 9.99. The SMILES string of the molecule is COc1ccc(C(NN)c2cncc(Br)c2)c(OC)c1. The third-order valence-electron chi connectivity index (χ3n) is 2.98. The Bertz CT molecular complexity index is 592. The Balaban J connectivity index is 2.46. The standard InChI is InChI=1S/C14H16BrN3O2/c1-19-11-3-4-12(13(6-11)20-2)14(18-16)9-5-10(15)8-17-7-9/h3-8,14,18H,16H2,1-2H3. The van der Waals surface area contributed by atoms with Gasteiger partial charge in [-0.15, -0.1) is 0 Å². The molecule has 0 saturated carbocycles. The Labute approximate surface area is 126 Å². The molecule has 1 aromatic carbocycles. The number of hydrogen-bond donors (Lipinski definition) is 2. The lowest BCUT2D eigenvalue weighted by Gasteiger charge is -2.20. The molecule has 0 fully saturated rings. The van der Waals surface area contributed by atoms with Gasteiger partial charge in [0.2, 0.25) is 0 Å². The molecule has 2 aromatic rings. The third kappa shape index (κ3) is 3.09. The van der Waals surface area contributed by atoms with E-state index in [1.807, 2.05) is 24.3 Å². The van der Waals surface area contributed by atoms with Crippen molar-refractivity contribution in [2.45, 2.75) is 6.04 Å². The van der Waals surface area contributed by atoms with E-state index in [1.54, 1.807) is 26.6 Å². The van der Waals surface area contributed by atoms with E-state index in [1.165, 1.54) is 0 Å². The van der Waals surface area contributed by atoms with Crippen molar-refractivity contribution in [3.05, 3.63) is 52.3 Å². The van der Waals surface area contributed by atoms with Gasteiger partial charge in [-0.1, -0.05) is 0 Å². The van der Waals surface area contributed by atoms with Gasteiger partial charge in [0.1, 0.15) is 11.5 Å². The normalized spacial score (nSPS) is 12.0. The molecule has 5 nitrogen and oxygen atoms in total. The number of pyridine rings is 1. The minimum Gasteiger partial charge on any atom is -0.497 e. The van der Waals surface area contributed by atoms with Crippen molar-refractivity contribution in [3.8, 4) is 11.5 Å². The molecule has 20 heavy (non-hydrogen) atoms. The Hall–Kier alpha value is -1.63. The van der Waals surface area contributed by atoms with Gasteiger partial charge in [-0.05, 0) is 39.7 Å². The van der Waals surface area contributed by atoms with Crippen LogP contribution in [0.1, 0.15) is 17.2 Å². The Kier molecular flexibility index (Phi) is 4.94. The van der Waals surface area contributed by atoms with Crippen LogP contribution >= 0.6 is 15.9 Å². The average molecular weight is 338 g/mol. The van der Waals surface area contributed by atoms with E-state index >= 15 is 0 Å². The number of methoxy groups -OCH3 is 2. The summed E-state index contributed by atoms with van der Waals surface area (Å²) < 4.78 is 11.5. The summed E-state index contributed by atoms with van der Waals surface area (Å²) in [5, 5.41) is 0. The number of benzene rings is 1. The number of hydrazine groups is 1. The van der Waals surface area contributed by atoms with Crippen molar-refractivity contribution >= 4 is 15.9 Å². The van der Waals surface area contributed by atoms with E-state index < -0.39 is 0 Å². The van der Waals surface area contributed by atoms with Crippen LogP contribution < -0.4 is 20.7 Å². The van der Waals surface area contributed by atoms with Crippen LogP contribution in [0.15, 0.2) is 41.1 Å². The molecule has 0 amide bonds. The topological polar surface area (TPSA) is 69.4 Å². The highest BCUT2D eigenvalue weighted by atomic mass is 79.9. The summed E-state index contributed by atoms with van der Waals surface area (Å²) >= 11 is 3.41. The monoisotopic (exact) mass is 337 g/mol. The highest BCUT2D eigenvalue weighted by Crippen LogP contribution is 2.33. The molecule has 0 aliphatic carbocycles. The van der Waals surface area contributed by atoms with Crippen molar-refractivity contribution in [1.82, 2.24) is 10.4 Å². The van der Waals surface area contributed by atoms with E-state index in [-0.39, 0.29) is 6.04 Å². The van der Waals surface area contributed by atoms with Crippen LogP contribution in [-0.2, 0) is 0 Å². The number of halogens is 1. The number of nitrogens with zero attached hydrogens (tertiary/aromatic N) is 1. The summed E-state index contributed by atoms with van der Waals surface area (Å²) in [5.74, 6) is 7.13. The number of nitrogens with one attached hydrogen (secondary N) is 1. The molecule has 3 N–H and O–H groups in total. The molecule has 1 unspecified atom stereocenters. The molecule has 2 rings (SSSR count). The van der Waals surface area contributed by atoms with Crippen LogP contribution in [0.25, 0.3) is 0 Å². The molecule has 106 valence electrons. The van der Waals surface area contributed by atoms with Crippen LogP contribution in [0.3, 0.4) is 0 Å². The molecule has 0 spiro atoms. The average Bonchev–Trinajstić information content (AvgIpc) is 2.48. The maximum Gasteiger partial charge on any atom is 0.127 e. The van der Waals surface area contributed by atoms with Crippen LogP contribution in [0, 0.1) is 0 Å². The predicted molar refractivity (Wildman–Crippen MR) is 80.6 cm³/mol. The van der Waals surface area contributed by atoms with Crippen LogP contribution in [-0.4, -0.2) is 19.2 Å². The first-order valence-corrected chi connectivity index (χ1v) is 6.77. The minimum absolute atomic E-state index is 0.221. The van der Waals surface area contributed by atoms with E-state index in [2.05, 4.69) is 26.3 Å². The maximum absolute atomic E-state index is 5.70. The zero-order chi connectivity index (χ0) is 14.5. The molecular formula is C14H16BrN3O2. The quantitative estimate of drug-likeness (QED) is 0.647. The van der Waals surface area contributed by atoms with Gasteiger partial charge in [0.05, 0.1) is 20.3 Å². The molecule has 0 saturated heterocycles. The summed E-state index contributed by atoms with van der Waals surface area (Å²) in [4.78, 5) is 4.16. The fourth-order valence-corrected chi connectivity index (χ4v) is 2.39. The first-order valence-electron chi connectivity index (χ1n) is 5.98. The van der Waals surface area contributed by atoms with Crippen molar-refractivity contribution in [3.63, 3.8) is 0 Å². The van der Waals surface area contributed by atoms with Crippen molar-refractivity contribution in [1.29, 1.82) is 0 Å². The zero-order valence-corrected chi connectivity index (χ0v) is 12.8. The molecule has 0 radical (unpaired) electrons. The van der Waals surface area contributed by atoms with Crippen molar-refractivity contribution in [2.24, 2.45) is 5.84 Å². The fraction of sp³-hybridized carbons (Fsp3) is 0.214. The van der Waals surface area contributed by atoms with E-state index in [0.29, 0.717) is 5.75 Å². The minimum atomic E-state index is -0.221. The van der Waals surface area contributed by atoms with E-state index in [4.69, 9.17) is 15.3 Å². The number of ether oxygens (including phenoxy) is 2. The number of aromatic nitrogens is 1. The second kappa shape index (κ2) is 6.69. The number of hydrogen-bond acceptors (Lipinski definition) is 5. The second-order valence-electron chi connectivity index (χ2n) is 4.14. The summed E-state index contributed by atoms with van der Waals surface area (Å²) in [6.45, 7) is 0. The predicted octanol–water partition coefficient (Wildman–Crippen LogP) is 2.41. The first kappa shape index (κ1) is 14.8. The third-order valence-corrected chi connectivity index (χ3v) is 3.41. The van der Waals surface area contributed by atoms with Crippen LogP contribution in [0.5, 0.6) is 11.5 Å². The summed E-state index contributed by atoms with van der Waals surface area (Å²) in [5.41, 5.74) is 4.64. The largest absolute Gasteiger partial charge is 0.497 e. The van der Waals surface area contributed by atoms with Gasteiger partial charge in [-0.25, -0.2) is 5.43 Å². The highest BCUT2D eigenvalue weighted by molar-refractivity contribution is 9.10. The molecule has 1 heterocycles. The Morgan fingerprint density at radius 2 is 2.00 bits per heavy atom. The Morgan fingerprint density at radius 1 is 1.20 bits per heavy atom. The molecular weight excluding hydrogens is 322 g/mol. The number of nitrogens with two attached hydrogens (primary N) is 1. The lowest BCUT2D eigenvalue weighted by molar-refractivity contribution is 0.387. The van der Waals surface area contributed by atoms with Crippen LogP contribution in [0.4, 0.5) is 0 Å². The zero-order valence-electron chi connectivity index (χ0n) is 11.3. The molecule has 1 aromatic heterocycles. The van der Waals surface area contributed by atoms with Gasteiger partial charge in [-0.2, -0.15) is 0 Å². The van der Waals surface area contributed by atoms with Crippen molar-refractivity contribution in [2.75, 3.05) is 14.2 Å². The van der Waals surface area contributed by atoms with Crippen LogP contribution in [0.2, 0.25) is 0 Å². The number of rotatable bonds is 5. The molecule has 0 aliphatic heterocycles. The molecule has 0 aliphatic rings. The highest BCUT2D eigenvalue weighted by Gasteiger charge is 2.18. The van der Waals surface area contributed by atoms with Gasteiger partial charge in [0.25, 0.3) is 0 Å². The fourth-order valence-electron chi connectivity index (χ4n) is 2.01. The van der Waals surface area contributed by atoms with Gasteiger partial charge in [0.15, 0.2) is 0 Å². The Morgan fingerprint density at radius 3 is 2.60 bits per heavy atom. The smallest absolute Gasteiger partial charge is 0.127 e. The maximum atomic E-state index is 5.70. The lowest BCUT2D eigenvalue weighted by Crippen LogP contribution is -2.29. The van der Waals surface area contributed by atoms with Gasteiger partial charge in [0, 0.05) is 28.5 Å². The van der Waals surface area contributed by atoms with E-state index in [0.717, 1.165) is 21.3 Å².